The van der Waals surface area contributed by atoms with Crippen molar-refractivity contribution in [3.05, 3.63) is 0 Å². The molecule has 0 heterocycles. The van der Waals surface area contributed by atoms with Gasteiger partial charge < -0.3 is 22.6 Å². The lowest BCUT2D eigenvalue weighted by Crippen LogP contribution is -3.00. The van der Waals surface area contributed by atoms with E-state index in [0.717, 1.165) is 0 Å². The first-order chi connectivity index (χ1) is 6.24. The van der Waals surface area contributed by atoms with Crippen molar-refractivity contribution >= 4 is 0 Å². The Morgan fingerprint density at radius 1 is 0.929 bits per heavy atom. The Bertz CT molecular complexity index is 112. The number of nitrogens with zero attached hydrogens (tertiary/aromatic N) is 1. The van der Waals surface area contributed by atoms with Crippen LogP contribution in [0.1, 0.15) is 13.8 Å². The summed E-state index contributed by atoms with van der Waals surface area (Å²) in [6, 6.07) is 0. The molecule has 0 aromatic carbocycles. The SMILES string of the molecule is CC[N+](CC)(OCCO)OCCO.[Cl-]. The number of halogens is 1. The van der Waals surface area contributed by atoms with Crippen molar-refractivity contribution in [2.24, 2.45) is 0 Å². The predicted molar refractivity (Wildman–Crippen MR) is 47.4 cm³/mol. The van der Waals surface area contributed by atoms with E-state index in [0.29, 0.717) is 13.1 Å². The highest BCUT2D eigenvalue weighted by Crippen LogP contribution is 2.08. The van der Waals surface area contributed by atoms with Crippen LogP contribution in [0.15, 0.2) is 0 Å². The van der Waals surface area contributed by atoms with Gasteiger partial charge in [0, 0.05) is 0 Å². The van der Waals surface area contributed by atoms with Crippen LogP contribution >= 0.6 is 0 Å². The van der Waals surface area contributed by atoms with Gasteiger partial charge in [-0.05, 0) is 18.7 Å². The van der Waals surface area contributed by atoms with Gasteiger partial charge in [0.15, 0.2) is 0 Å². The van der Waals surface area contributed by atoms with Crippen molar-refractivity contribution in [1.82, 2.24) is 0 Å². The Kier molecular flexibility index (Phi) is 11.4. The van der Waals surface area contributed by atoms with E-state index in [-0.39, 0.29) is 43.6 Å². The summed E-state index contributed by atoms with van der Waals surface area (Å²) in [5.74, 6) is 0. The molecule has 0 fully saturated rings. The number of hydrogen-bond acceptors (Lipinski definition) is 4. The normalized spacial score (nSPS) is 11.1. The summed E-state index contributed by atoms with van der Waals surface area (Å²) >= 11 is 0. The number of hydrogen-bond donors (Lipinski definition) is 2. The van der Waals surface area contributed by atoms with E-state index in [9.17, 15) is 0 Å². The zero-order chi connectivity index (χ0) is 10.2. The third-order valence-corrected chi connectivity index (χ3v) is 1.80. The number of quaternary nitrogens is 1. The minimum absolute atomic E-state index is 0. The van der Waals surface area contributed by atoms with Crippen LogP contribution in [0.4, 0.5) is 0 Å². The fourth-order valence-corrected chi connectivity index (χ4v) is 1.04. The first-order valence-electron chi connectivity index (χ1n) is 4.62. The summed E-state index contributed by atoms with van der Waals surface area (Å²) in [6.45, 7) is 5.59. The van der Waals surface area contributed by atoms with Gasteiger partial charge in [-0.25, -0.2) is 0 Å². The molecule has 0 aliphatic carbocycles. The van der Waals surface area contributed by atoms with Crippen LogP contribution in [0.3, 0.4) is 0 Å². The Morgan fingerprint density at radius 2 is 1.29 bits per heavy atom. The van der Waals surface area contributed by atoms with Gasteiger partial charge in [0.25, 0.3) is 0 Å². The molecule has 0 spiro atoms. The lowest BCUT2D eigenvalue weighted by molar-refractivity contribution is -1.24. The Morgan fingerprint density at radius 3 is 1.50 bits per heavy atom. The summed E-state index contributed by atoms with van der Waals surface area (Å²) < 4.78 is 0. The zero-order valence-corrected chi connectivity index (χ0v) is 9.53. The first-order valence-corrected chi connectivity index (χ1v) is 4.62. The van der Waals surface area contributed by atoms with Crippen molar-refractivity contribution in [2.75, 3.05) is 39.5 Å². The van der Waals surface area contributed by atoms with Crippen LogP contribution in [0, 0.1) is 0 Å². The second kappa shape index (κ2) is 9.64. The molecule has 0 atom stereocenters. The van der Waals surface area contributed by atoms with E-state index in [1.165, 1.54) is 0 Å². The van der Waals surface area contributed by atoms with Gasteiger partial charge in [-0.15, -0.1) is 0 Å². The molecule has 0 aromatic heterocycles. The summed E-state index contributed by atoms with van der Waals surface area (Å²) in [7, 11) is 0. The van der Waals surface area contributed by atoms with Gasteiger partial charge >= 0.3 is 0 Å². The van der Waals surface area contributed by atoms with E-state index >= 15 is 0 Å². The van der Waals surface area contributed by atoms with Crippen molar-refractivity contribution in [3.63, 3.8) is 0 Å². The van der Waals surface area contributed by atoms with Crippen LogP contribution in [0.2, 0.25) is 0 Å². The van der Waals surface area contributed by atoms with Crippen molar-refractivity contribution in [2.45, 2.75) is 13.8 Å². The highest BCUT2D eigenvalue weighted by molar-refractivity contribution is 4.20. The quantitative estimate of drug-likeness (QED) is 0.338. The maximum atomic E-state index is 8.61. The monoisotopic (exact) mass is 229 g/mol. The maximum absolute atomic E-state index is 8.61. The van der Waals surface area contributed by atoms with Crippen LogP contribution < -0.4 is 12.4 Å². The van der Waals surface area contributed by atoms with E-state index < -0.39 is 0 Å². The summed E-state index contributed by atoms with van der Waals surface area (Å²) in [5.41, 5.74) is 0. The number of rotatable bonds is 8. The molecule has 6 heteroatoms. The molecule has 0 saturated heterocycles. The van der Waals surface area contributed by atoms with Gasteiger partial charge in [0.1, 0.15) is 26.3 Å². The van der Waals surface area contributed by atoms with Crippen molar-refractivity contribution in [3.8, 4) is 0 Å². The molecule has 0 radical (unpaired) electrons. The van der Waals surface area contributed by atoms with Crippen LogP contribution in [0.5, 0.6) is 0 Å². The Hall–Kier alpha value is 0.0900. The molecule has 0 bridgehead atoms. The fraction of sp³-hybridized carbons (Fsp3) is 1.00. The molecule has 5 nitrogen and oxygen atoms in total. The largest absolute Gasteiger partial charge is 1.00 e. The molecule has 0 aliphatic heterocycles. The van der Waals surface area contributed by atoms with Gasteiger partial charge in [0.2, 0.25) is 0 Å². The third-order valence-electron chi connectivity index (χ3n) is 1.80. The maximum Gasteiger partial charge on any atom is 0.139 e. The van der Waals surface area contributed by atoms with Crippen molar-refractivity contribution in [1.29, 1.82) is 0 Å². The van der Waals surface area contributed by atoms with E-state index in [4.69, 9.17) is 19.9 Å². The molecule has 0 amide bonds. The molecule has 0 saturated carbocycles. The van der Waals surface area contributed by atoms with E-state index in [1.54, 1.807) is 0 Å². The minimum Gasteiger partial charge on any atom is -1.00 e. The molecule has 0 aliphatic rings. The fourth-order valence-electron chi connectivity index (χ4n) is 1.04. The number of hydroxylamine groups is 4. The first kappa shape index (κ1) is 16.5. The van der Waals surface area contributed by atoms with Gasteiger partial charge in [0.05, 0.1) is 13.2 Å². The molecular weight excluding hydrogens is 210 g/mol. The molecule has 14 heavy (non-hydrogen) atoms. The highest BCUT2D eigenvalue weighted by atomic mass is 35.5. The topological polar surface area (TPSA) is 58.9 Å². The van der Waals surface area contributed by atoms with Crippen LogP contribution in [-0.4, -0.2) is 54.5 Å². The van der Waals surface area contributed by atoms with E-state index in [2.05, 4.69) is 0 Å². The lowest BCUT2D eigenvalue weighted by atomic mass is 10.6. The lowest BCUT2D eigenvalue weighted by Gasteiger charge is -2.29. The summed E-state index contributed by atoms with van der Waals surface area (Å²) in [4.78, 5) is 10.7. The molecule has 0 rings (SSSR count). The zero-order valence-electron chi connectivity index (χ0n) is 8.78. The van der Waals surface area contributed by atoms with Gasteiger partial charge in [-0.1, -0.05) is 0 Å². The second-order valence-corrected chi connectivity index (χ2v) is 2.56. The standard InChI is InChI=1S/C8H20NO4.ClH/c1-3-9(4-2,12-7-5-10)13-8-6-11;/h10-11H,3-8H2,1-2H3;1H/q+1;/p-1. The summed E-state index contributed by atoms with van der Waals surface area (Å²) in [6.07, 6.45) is 0. The number of aliphatic hydroxyl groups excluding tert-OH is 2. The average Bonchev–Trinajstić information content (AvgIpc) is 2.20. The molecular formula is C8H20ClNO4. The average molecular weight is 230 g/mol. The van der Waals surface area contributed by atoms with Crippen molar-refractivity contribution < 1.29 is 37.1 Å². The predicted octanol–water partition coefficient (Wildman–Crippen LogP) is -3.31. The second-order valence-electron chi connectivity index (χ2n) is 2.56. The van der Waals surface area contributed by atoms with Crippen LogP contribution in [-0.2, 0) is 9.68 Å². The smallest absolute Gasteiger partial charge is 0.139 e. The van der Waals surface area contributed by atoms with E-state index in [1.807, 2.05) is 13.8 Å². The molecule has 2 N–H and O–H groups in total. The Balaban J connectivity index is 0. The van der Waals surface area contributed by atoms with Crippen LogP contribution in [0.25, 0.3) is 0 Å². The molecule has 88 valence electrons. The van der Waals surface area contributed by atoms with Gasteiger partial charge in [-0.2, -0.15) is 9.68 Å². The molecule has 0 aromatic rings. The highest BCUT2D eigenvalue weighted by Gasteiger charge is 2.27. The number of aliphatic hydroxyl groups is 2. The minimum atomic E-state index is -0.0253. The van der Waals surface area contributed by atoms with Gasteiger partial charge in [-0.3, -0.25) is 0 Å². The third kappa shape index (κ3) is 5.74. The summed E-state index contributed by atoms with van der Waals surface area (Å²) in [5, 5.41) is 17.2. The Labute approximate surface area is 91.1 Å². The molecule has 0 unspecified atom stereocenters.